The number of anilines is 2. The SMILES string of the molecule is Cc1c(C(=O)Nc2ccc(-c3nc(-c4cccc(OCC(O)CO[Si](C)(C)CC(C)C)c4)cnc3N)cc2)c(=O)n(-c2ccccc2)n1C. The third kappa shape index (κ3) is 8.52. The Morgan fingerprint density at radius 2 is 1.71 bits per heavy atom. The summed E-state index contributed by atoms with van der Waals surface area (Å²) >= 11 is 0. The number of nitrogens with zero attached hydrogens (tertiary/aromatic N) is 4. The molecule has 0 saturated carbocycles. The summed E-state index contributed by atoms with van der Waals surface area (Å²) < 4.78 is 15.1. The molecule has 5 rings (SSSR count). The lowest BCUT2D eigenvalue weighted by Crippen LogP contribution is -2.36. The van der Waals surface area contributed by atoms with Crippen LogP contribution in [0.2, 0.25) is 19.1 Å². The second-order valence-electron chi connectivity index (χ2n) is 13.1. The number of carbonyl (C=O) groups excluding carboxylic acids is 1. The summed E-state index contributed by atoms with van der Waals surface area (Å²) in [5.41, 5.74) is 10.2. The standard InChI is InChI=1S/C37H44N6O5Si/c1-24(2)23-49(5,6)48-22-30(44)21-47-31-14-10-11-27(19-31)32-20-39-35(38)34(41-32)26-15-17-28(18-16-26)40-36(45)33-25(3)42(4)43(37(33)46)29-12-8-7-9-13-29/h7-20,24,30,44H,21-23H2,1-6H3,(H2,38,39)(H,40,45). The van der Waals surface area contributed by atoms with Crippen LogP contribution in [0.15, 0.2) is 89.9 Å². The van der Waals surface area contributed by atoms with Gasteiger partial charge >= 0.3 is 0 Å². The molecule has 0 spiro atoms. The van der Waals surface area contributed by atoms with Crippen molar-refractivity contribution < 1.29 is 19.1 Å². The van der Waals surface area contributed by atoms with E-state index in [9.17, 15) is 14.7 Å². The minimum Gasteiger partial charge on any atom is -0.491 e. The Balaban J connectivity index is 1.26. The Hall–Kier alpha value is -5.04. The molecule has 0 radical (unpaired) electrons. The van der Waals surface area contributed by atoms with E-state index in [1.54, 1.807) is 49.1 Å². The molecule has 0 aliphatic carbocycles. The number of rotatable bonds is 13. The second-order valence-corrected chi connectivity index (χ2v) is 17.3. The lowest BCUT2D eigenvalue weighted by atomic mass is 10.1. The van der Waals surface area contributed by atoms with Crippen molar-refractivity contribution in [2.24, 2.45) is 13.0 Å². The number of amides is 1. The Morgan fingerprint density at radius 3 is 2.41 bits per heavy atom. The molecule has 12 heteroatoms. The van der Waals surface area contributed by atoms with Gasteiger partial charge in [0.25, 0.3) is 11.5 Å². The molecule has 256 valence electrons. The first kappa shape index (κ1) is 35.3. The van der Waals surface area contributed by atoms with Crippen LogP contribution in [0, 0.1) is 12.8 Å². The number of nitrogens with one attached hydrogen (secondary N) is 1. The van der Waals surface area contributed by atoms with Gasteiger partial charge < -0.3 is 25.3 Å². The zero-order chi connectivity index (χ0) is 35.3. The van der Waals surface area contributed by atoms with Crippen LogP contribution in [0.1, 0.15) is 29.9 Å². The molecule has 0 aliphatic rings. The fourth-order valence-electron chi connectivity index (χ4n) is 5.83. The van der Waals surface area contributed by atoms with Gasteiger partial charge in [-0.05, 0) is 68.4 Å². The third-order valence-electron chi connectivity index (χ3n) is 8.14. The van der Waals surface area contributed by atoms with Crippen molar-refractivity contribution in [2.45, 2.75) is 46.0 Å². The molecule has 49 heavy (non-hydrogen) atoms. The number of hydrogen-bond donors (Lipinski definition) is 3. The van der Waals surface area contributed by atoms with E-state index >= 15 is 0 Å². The molecule has 4 N–H and O–H groups in total. The maximum absolute atomic E-state index is 13.3. The average Bonchev–Trinajstić information content (AvgIpc) is 3.30. The van der Waals surface area contributed by atoms with Gasteiger partial charge in [0.05, 0.1) is 29.9 Å². The van der Waals surface area contributed by atoms with E-state index < -0.39 is 25.9 Å². The molecule has 0 bridgehead atoms. The molecular formula is C37H44N6O5Si. The molecule has 2 aromatic heterocycles. The first-order valence-electron chi connectivity index (χ1n) is 16.3. The van der Waals surface area contributed by atoms with E-state index in [0.29, 0.717) is 45.7 Å². The summed E-state index contributed by atoms with van der Waals surface area (Å²) in [5, 5.41) is 13.3. The van der Waals surface area contributed by atoms with Crippen LogP contribution in [0.25, 0.3) is 28.2 Å². The van der Waals surface area contributed by atoms with Crippen LogP contribution >= 0.6 is 0 Å². The summed E-state index contributed by atoms with van der Waals surface area (Å²) in [6, 6.07) is 24.6. The topological polar surface area (TPSA) is 147 Å². The number of nitrogen functional groups attached to an aromatic ring is 1. The number of aromatic nitrogens is 4. The number of para-hydroxylation sites is 1. The smallest absolute Gasteiger partial charge is 0.284 e. The van der Waals surface area contributed by atoms with Crippen LogP contribution in [-0.2, 0) is 11.5 Å². The highest BCUT2D eigenvalue weighted by atomic mass is 28.4. The summed E-state index contributed by atoms with van der Waals surface area (Å²) in [6.45, 7) is 10.8. The van der Waals surface area contributed by atoms with E-state index in [0.717, 1.165) is 11.6 Å². The van der Waals surface area contributed by atoms with E-state index in [-0.39, 0.29) is 24.6 Å². The van der Waals surface area contributed by atoms with E-state index in [1.165, 1.54) is 4.68 Å². The van der Waals surface area contributed by atoms with Gasteiger partial charge in [0.15, 0.2) is 8.32 Å². The first-order chi connectivity index (χ1) is 23.3. The molecule has 5 aromatic rings. The lowest BCUT2D eigenvalue weighted by molar-refractivity contribution is 0.0592. The van der Waals surface area contributed by atoms with Crippen LogP contribution < -0.4 is 21.3 Å². The monoisotopic (exact) mass is 680 g/mol. The summed E-state index contributed by atoms with van der Waals surface area (Å²) in [4.78, 5) is 35.7. The van der Waals surface area contributed by atoms with Crippen molar-refractivity contribution in [2.75, 3.05) is 24.3 Å². The highest BCUT2D eigenvalue weighted by Crippen LogP contribution is 2.29. The summed E-state index contributed by atoms with van der Waals surface area (Å²) in [5.74, 6) is 0.885. The van der Waals surface area contributed by atoms with Crippen molar-refractivity contribution in [3.8, 4) is 34.0 Å². The highest BCUT2D eigenvalue weighted by Gasteiger charge is 2.25. The predicted octanol–water partition coefficient (Wildman–Crippen LogP) is 6.06. The van der Waals surface area contributed by atoms with Crippen molar-refractivity contribution in [1.82, 2.24) is 19.3 Å². The maximum Gasteiger partial charge on any atom is 0.284 e. The molecule has 3 aromatic carbocycles. The molecular weight excluding hydrogens is 637 g/mol. The van der Waals surface area contributed by atoms with Gasteiger partial charge in [-0.2, -0.15) is 0 Å². The van der Waals surface area contributed by atoms with E-state index in [1.807, 2.05) is 54.6 Å². The van der Waals surface area contributed by atoms with Gasteiger partial charge in [-0.3, -0.25) is 14.3 Å². The molecule has 11 nitrogen and oxygen atoms in total. The molecule has 1 unspecified atom stereocenters. The molecule has 0 fully saturated rings. The zero-order valence-electron chi connectivity index (χ0n) is 28.8. The summed E-state index contributed by atoms with van der Waals surface area (Å²) in [6.07, 6.45) is 0.851. The van der Waals surface area contributed by atoms with Crippen LogP contribution in [0.3, 0.4) is 0 Å². The first-order valence-corrected chi connectivity index (χ1v) is 19.4. The van der Waals surface area contributed by atoms with Crippen LogP contribution in [-0.4, -0.2) is 58.0 Å². The number of benzene rings is 3. The maximum atomic E-state index is 13.3. The molecule has 0 aliphatic heterocycles. The predicted molar refractivity (Wildman–Crippen MR) is 196 cm³/mol. The second kappa shape index (κ2) is 15.0. The normalized spacial score (nSPS) is 12.2. The van der Waals surface area contributed by atoms with Crippen LogP contribution in [0.5, 0.6) is 5.75 Å². The van der Waals surface area contributed by atoms with E-state index in [4.69, 9.17) is 19.9 Å². The Labute approximate surface area is 287 Å². The molecule has 2 heterocycles. The third-order valence-corrected chi connectivity index (χ3v) is 10.9. The van der Waals surface area contributed by atoms with Gasteiger partial charge in [0.1, 0.15) is 35.5 Å². The van der Waals surface area contributed by atoms with Crippen LogP contribution in [0.4, 0.5) is 11.5 Å². The highest BCUT2D eigenvalue weighted by molar-refractivity contribution is 6.71. The number of carbonyl (C=O) groups is 1. The number of aliphatic hydroxyl groups is 1. The van der Waals surface area contributed by atoms with Gasteiger partial charge in [-0.15, -0.1) is 0 Å². The lowest BCUT2D eigenvalue weighted by Gasteiger charge is -2.26. The van der Waals surface area contributed by atoms with Crippen molar-refractivity contribution in [3.05, 3.63) is 107 Å². The fourth-order valence-corrected chi connectivity index (χ4v) is 8.56. The zero-order valence-corrected chi connectivity index (χ0v) is 29.8. The van der Waals surface area contributed by atoms with E-state index in [2.05, 4.69) is 37.2 Å². The van der Waals surface area contributed by atoms with Gasteiger partial charge in [-0.1, -0.05) is 56.3 Å². The fraction of sp³-hybridized carbons (Fsp3) is 0.297. The quantitative estimate of drug-likeness (QED) is 0.127. The number of nitrogens with two attached hydrogens (primary N) is 1. The average molecular weight is 681 g/mol. The minimum atomic E-state index is -1.84. The number of aliphatic hydroxyl groups excluding tert-OH is 1. The Bertz CT molecular complexity index is 1970. The van der Waals surface area contributed by atoms with Crippen molar-refractivity contribution in [1.29, 1.82) is 0 Å². The van der Waals surface area contributed by atoms with Crippen molar-refractivity contribution >= 4 is 25.7 Å². The minimum absolute atomic E-state index is 0.0690. The largest absolute Gasteiger partial charge is 0.491 e. The Morgan fingerprint density at radius 1 is 1.00 bits per heavy atom. The number of ether oxygens (including phenoxy) is 1. The molecule has 1 atom stereocenters. The molecule has 0 saturated heterocycles. The summed E-state index contributed by atoms with van der Waals surface area (Å²) in [7, 11) is -0.0956. The molecule has 1 amide bonds. The van der Waals surface area contributed by atoms with Crippen molar-refractivity contribution in [3.63, 3.8) is 0 Å². The number of hydrogen-bond acceptors (Lipinski definition) is 8. The van der Waals surface area contributed by atoms with Gasteiger partial charge in [-0.25, -0.2) is 14.6 Å². The van der Waals surface area contributed by atoms with Gasteiger partial charge in [0, 0.05) is 23.9 Å². The van der Waals surface area contributed by atoms with Gasteiger partial charge in [0.2, 0.25) is 0 Å². The Kier molecular flexibility index (Phi) is 10.8.